The fourth-order valence-corrected chi connectivity index (χ4v) is 5.82. The summed E-state index contributed by atoms with van der Waals surface area (Å²) in [6, 6.07) is 17.3. The van der Waals surface area contributed by atoms with Crippen molar-refractivity contribution < 1.29 is 28.8 Å². The van der Waals surface area contributed by atoms with Crippen molar-refractivity contribution in [2.45, 2.75) is 25.6 Å². The molecular formula is C28H20N2O7. The van der Waals surface area contributed by atoms with Crippen LogP contribution in [0.5, 0.6) is 0 Å². The molecule has 0 saturated carbocycles. The summed E-state index contributed by atoms with van der Waals surface area (Å²) in [5, 5.41) is 11.2. The molecule has 3 aromatic carbocycles. The van der Waals surface area contributed by atoms with E-state index < -0.39 is 51.8 Å². The number of benzene rings is 3. The molecule has 9 heteroatoms. The number of nitro groups is 1. The number of ketones is 2. The summed E-state index contributed by atoms with van der Waals surface area (Å²) in [6.45, 7) is 3.45. The lowest BCUT2D eigenvalue weighted by Gasteiger charge is -2.27. The highest BCUT2D eigenvalue weighted by molar-refractivity contribution is 6.37. The van der Waals surface area contributed by atoms with Gasteiger partial charge in [0.05, 0.1) is 28.6 Å². The van der Waals surface area contributed by atoms with Crippen molar-refractivity contribution in [2.75, 3.05) is 4.90 Å². The van der Waals surface area contributed by atoms with E-state index in [-0.39, 0.29) is 22.5 Å². The number of imide groups is 1. The first-order valence-electron chi connectivity index (χ1n) is 11.7. The highest BCUT2D eigenvalue weighted by atomic mass is 16.6. The predicted octanol–water partition coefficient (Wildman–Crippen LogP) is 3.91. The maximum Gasteiger partial charge on any atom is 0.269 e. The van der Waals surface area contributed by atoms with Crippen LogP contribution in [-0.2, 0) is 14.3 Å². The largest absolute Gasteiger partial charge is 0.349 e. The van der Waals surface area contributed by atoms with Gasteiger partial charge in [-0.25, -0.2) is 4.90 Å². The lowest BCUT2D eigenvalue weighted by Crippen LogP contribution is -2.51. The molecule has 1 aliphatic carbocycles. The van der Waals surface area contributed by atoms with Crippen LogP contribution in [0, 0.1) is 35.8 Å². The topological polar surface area (TPSA) is 124 Å². The molecule has 0 unspecified atom stereocenters. The van der Waals surface area contributed by atoms with Crippen LogP contribution in [0.25, 0.3) is 0 Å². The number of Topliss-reactive ketones (excluding diaryl/α,β-unsaturated/α-hetero) is 2. The van der Waals surface area contributed by atoms with Gasteiger partial charge in [0.25, 0.3) is 5.69 Å². The van der Waals surface area contributed by atoms with Gasteiger partial charge in [0.1, 0.15) is 0 Å². The molecule has 0 aromatic heterocycles. The predicted molar refractivity (Wildman–Crippen MR) is 130 cm³/mol. The summed E-state index contributed by atoms with van der Waals surface area (Å²) < 4.78 is 6.26. The molecular weight excluding hydrogens is 476 g/mol. The van der Waals surface area contributed by atoms with Crippen molar-refractivity contribution in [3.05, 3.63) is 105 Å². The van der Waals surface area contributed by atoms with Gasteiger partial charge in [-0.2, -0.15) is 0 Å². The zero-order chi connectivity index (χ0) is 26.2. The average Bonchev–Trinajstić information content (AvgIpc) is 3.45. The number of carbonyl (C=O) groups is 4. The van der Waals surface area contributed by atoms with Gasteiger partial charge >= 0.3 is 0 Å². The Morgan fingerprint density at radius 3 is 2.05 bits per heavy atom. The Bertz CT molecular complexity index is 1520. The summed E-state index contributed by atoms with van der Waals surface area (Å²) in [4.78, 5) is 67.1. The zero-order valence-corrected chi connectivity index (χ0v) is 19.8. The first-order valence-corrected chi connectivity index (χ1v) is 11.7. The Morgan fingerprint density at radius 1 is 0.865 bits per heavy atom. The van der Waals surface area contributed by atoms with Gasteiger partial charge in [0, 0.05) is 23.3 Å². The number of rotatable bonds is 3. The Morgan fingerprint density at radius 2 is 1.49 bits per heavy atom. The summed E-state index contributed by atoms with van der Waals surface area (Å²) in [5.41, 5.74) is -0.00671. The molecule has 0 bridgehead atoms. The lowest BCUT2D eigenvalue weighted by atomic mass is 9.77. The second-order valence-corrected chi connectivity index (χ2v) is 9.63. The van der Waals surface area contributed by atoms with Crippen LogP contribution in [0.2, 0.25) is 0 Å². The van der Waals surface area contributed by atoms with Crippen LogP contribution in [-0.4, -0.2) is 33.9 Å². The molecule has 9 nitrogen and oxygen atoms in total. The summed E-state index contributed by atoms with van der Waals surface area (Å²) in [6.07, 6.45) is -1.02. The SMILES string of the molecule is Cc1ccc([C@H]2OC3(C(=O)c4ccccc4C3=O)[C@H]3C(=O)N(c4ccc([N+](=O)[O-])cc4C)C(=O)[C@@H]23)cc1. The normalized spacial score (nSPS) is 23.6. The molecule has 3 aliphatic rings. The number of nitrogens with zero attached hydrogens (tertiary/aromatic N) is 2. The number of ether oxygens (including phenoxy) is 1. The van der Waals surface area contributed by atoms with E-state index in [9.17, 15) is 29.3 Å². The second kappa shape index (κ2) is 7.75. The molecule has 0 N–H and O–H groups in total. The third kappa shape index (κ3) is 2.94. The van der Waals surface area contributed by atoms with E-state index in [1.54, 1.807) is 31.2 Å². The van der Waals surface area contributed by atoms with Crippen molar-refractivity contribution >= 4 is 34.8 Å². The summed E-state index contributed by atoms with van der Waals surface area (Å²) >= 11 is 0. The second-order valence-electron chi connectivity index (χ2n) is 9.63. The lowest BCUT2D eigenvalue weighted by molar-refractivity contribution is -0.384. The van der Waals surface area contributed by atoms with Crippen LogP contribution in [0.4, 0.5) is 11.4 Å². The number of carbonyl (C=O) groups excluding carboxylic acids is 4. The van der Waals surface area contributed by atoms with Crippen LogP contribution < -0.4 is 4.90 Å². The van der Waals surface area contributed by atoms with Gasteiger partial charge in [0.15, 0.2) is 0 Å². The number of anilines is 1. The van der Waals surface area contributed by atoms with Gasteiger partial charge < -0.3 is 4.74 Å². The maximum atomic E-state index is 14.0. The molecule has 3 aromatic rings. The van der Waals surface area contributed by atoms with E-state index in [4.69, 9.17) is 4.74 Å². The van der Waals surface area contributed by atoms with E-state index >= 15 is 0 Å². The molecule has 2 amide bonds. The molecule has 2 fully saturated rings. The average molecular weight is 496 g/mol. The van der Waals surface area contributed by atoms with Gasteiger partial charge in [-0.1, -0.05) is 54.1 Å². The standard InChI is InChI=1S/C28H20N2O7/c1-14-7-9-16(10-8-14)23-21-22(28(37-23)24(31)18-5-3-4-6-19(18)25(28)32)27(34)29(26(21)33)20-12-11-17(30(35)36)13-15(20)2/h3-13,21-23H,1-2H3/t21-,22-,23-/m1/s1. The van der Waals surface area contributed by atoms with E-state index in [1.165, 1.54) is 30.3 Å². The van der Waals surface area contributed by atoms with Gasteiger partial charge in [-0.05, 0) is 31.0 Å². The molecule has 2 heterocycles. The van der Waals surface area contributed by atoms with Crippen LogP contribution in [0.15, 0.2) is 66.7 Å². The Kier molecular flexibility index (Phi) is 4.80. The number of nitro benzene ring substituents is 1. The molecule has 0 radical (unpaired) electrons. The molecule has 2 aliphatic heterocycles. The number of aryl methyl sites for hydroxylation is 2. The Hall–Kier alpha value is -4.50. The zero-order valence-electron chi connectivity index (χ0n) is 19.8. The molecule has 3 atom stereocenters. The number of non-ortho nitro benzene ring substituents is 1. The monoisotopic (exact) mass is 496 g/mol. The number of hydrogen-bond acceptors (Lipinski definition) is 7. The highest BCUT2D eigenvalue weighted by Crippen LogP contribution is 2.57. The quantitative estimate of drug-likeness (QED) is 0.233. The Balaban J connectivity index is 1.53. The maximum absolute atomic E-state index is 14.0. The van der Waals surface area contributed by atoms with Crippen LogP contribution in [0.1, 0.15) is 43.5 Å². The number of amides is 2. The molecule has 6 rings (SSSR count). The van der Waals surface area contributed by atoms with Gasteiger partial charge in [-0.3, -0.25) is 29.3 Å². The van der Waals surface area contributed by atoms with E-state index in [0.29, 0.717) is 11.1 Å². The van der Waals surface area contributed by atoms with E-state index in [1.807, 2.05) is 19.1 Å². The fourth-order valence-electron chi connectivity index (χ4n) is 5.82. The van der Waals surface area contributed by atoms with Crippen molar-refractivity contribution in [3.8, 4) is 0 Å². The third-order valence-corrected chi connectivity index (χ3v) is 7.56. The minimum Gasteiger partial charge on any atom is -0.349 e. The van der Waals surface area contributed by atoms with Crippen LogP contribution in [0.3, 0.4) is 0 Å². The minimum atomic E-state index is -2.17. The Labute approximate surface area is 210 Å². The first-order chi connectivity index (χ1) is 17.7. The van der Waals surface area contributed by atoms with Crippen molar-refractivity contribution in [2.24, 2.45) is 11.8 Å². The minimum absolute atomic E-state index is 0.154. The van der Waals surface area contributed by atoms with Gasteiger partial charge in [-0.15, -0.1) is 0 Å². The van der Waals surface area contributed by atoms with E-state index in [0.717, 1.165) is 10.5 Å². The highest BCUT2D eigenvalue weighted by Gasteiger charge is 2.74. The molecule has 1 spiro atoms. The molecule has 37 heavy (non-hydrogen) atoms. The third-order valence-electron chi connectivity index (χ3n) is 7.56. The van der Waals surface area contributed by atoms with Gasteiger partial charge in [0.2, 0.25) is 29.0 Å². The van der Waals surface area contributed by atoms with Crippen molar-refractivity contribution in [1.82, 2.24) is 0 Å². The van der Waals surface area contributed by atoms with E-state index in [2.05, 4.69) is 0 Å². The first kappa shape index (κ1) is 22.9. The summed E-state index contributed by atoms with van der Waals surface area (Å²) in [5.74, 6) is -5.15. The summed E-state index contributed by atoms with van der Waals surface area (Å²) in [7, 11) is 0. The number of fused-ring (bicyclic) bond motifs is 3. The van der Waals surface area contributed by atoms with Crippen molar-refractivity contribution in [1.29, 1.82) is 0 Å². The molecule has 184 valence electrons. The smallest absolute Gasteiger partial charge is 0.269 e. The van der Waals surface area contributed by atoms with Crippen molar-refractivity contribution in [3.63, 3.8) is 0 Å². The van der Waals surface area contributed by atoms with Crippen LogP contribution >= 0.6 is 0 Å². The number of hydrogen-bond donors (Lipinski definition) is 0. The fraction of sp³-hybridized carbons (Fsp3) is 0.214. The molecule has 2 saturated heterocycles.